The molecule has 1 atom stereocenters. The molecule has 1 aliphatic heterocycles. The summed E-state index contributed by atoms with van der Waals surface area (Å²) in [5.74, 6) is 0.189. The Morgan fingerprint density at radius 2 is 2.00 bits per heavy atom. The number of amides is 1. The number of carbonyl (C=O) groups excluding carboxylic acids is 1. The molecule has 0 spiro atoms. The molecular weight excluding hydrogens is 218 g/mol. The van der Waals surface area contributed by atoms with E-state index < -0.39 is 0 Å². The van der Waals surface area contributed by atoms with Crippen molar-refractivity contribution in [2.24, 2.45) is 11.3 Å². The van der Waals surface area contributed by atoms with Gasteiger partial charge < -0.3 is 15.2 Å². The molecule has 4 nitrogen and oxygen atoms in total. The van der Waals surface area contributed by atoms with E-state index in [9.17, 15) is 4.79 Å². The van der Waals surface area contributed by atoms with Gasteiger partial charge in [0.15, 0.2) is 0 Å². The molecule has 1 unspecified atom stereocenters. The first kappa shape index (κ1) is 14.5. The summed E-state index contributed by atoms with van der Waals surface area (Å²) in [6.45, 7) is 7.71. The molecule has 1 saturated heterocycles. The molecule has 0 radical (unpaired) electrons. The van der Waals surface area contributed by atoms with Crippen molar-refractivity contribution in [1.82, 2.24) is 5.32 Å². The molecular formula is C13H25NO3. The van der Waals surface area contributed by atoms with Crippen molar-refractivity contribution in [2.45, 2.75) is 46.1 Å². The second-order valence-electron chi connectivity index (χ2n) is 5.83. The Morgan fingerprint density at radius 3 is 2.47 bits per heavy atom. The van der Waals surface area contributed by atoms with Crippen LogP contribution >= 0.6 is 0 Å². The summed E-state index contributed by atoms with van der Waals surface area (Å²) in [7, 11) is 0. The second-order valence-corrected chi connectivity index (χ2v) is 5.83. The van der Waals surface area contributed by atoms with Crippen LogP contribution in [0.5, 0.6) is 0 Å². The number of aliphatic hydroxyl groups excluding tert-OH is 1. The van der Waals surface area contributed by atoms with Crippen molar-refractivity contribution in [1.29, 1.82) is 0 Å². The van der Waals surface area contributed by atoms with E-state index in [0.29, 0.717) is 19.6 Å². The number of aliphatic hydroxyl groups is 1. The lowest BCUT2D eigenvalue weighted by molar-refractivity contribution is -0.129. The maximum Gasteiger partial charge on any atom is 0.223 e. The van der Waals surface area contributed by atoms with Gasteiger partial charge in [-0.15, -0.1) is 0 Å². The van der Waals surface area contributed by atoms with Crippen LogP contribution in [0.15, 0.2) is 0 Å². The molecule has 0 aromatic heterocycles. The minimum Gasteiger partial charge on any atom is -0.396 e. The van der Waals surface area contributed by atoms with E-state index in [-0.39, 0.29) is 29.9 Å². The van der Waals surface area contributed by atoms with Gasteiger partial charge in [-0.25, -0.2) is 0 Å². The van der Waals surface area contributed by atoms with E-state index in [0.717, 1.165) is 12.8 Å². The Hall–Kier alpha value is -0.610. The van der Waals surface area contributed by atoms with Crippen LogP contribution in [0.25, 0.3) is 0 Å². The second kappa shape index (κ2) is 6.36. The van der Waals surface area contributed by atoms with Crippen molar-refractivity contribution in [3.63, 3.8) is 0 Å². The van der Waals surface area contributed by atoms with E-state index in [2.05, 4.69) is 26.1 Å². The van der Waals surface area contributed by atoms with Crippen molar-refractivity contribution >= 4 is 5.91 Å². The van der Waals surface area contributed by atoms with Gasteiger partial charge in [0.1, 0.15) is 0 Å². The summed E-state index contributed by atoms with van der Waals surface area (Å²) in [4.78, 5) is 12.1. The standard InChI is InChI=1S/C13H25NO3/c1-13(2,3)11(4-7-15)14-12(16)10-5-8-17-9-6-10/h10-11,15H,4-9H2,1-3H3,(H,14,16). The van der Waals surface area contributed by atoms with Crippen LogP contribution in [0, 0.1) is 11.3 Å². The Morgan fingerprint density at radius 1 is 1.41 bits per heavy atom. The van der Waals surface area contributed by atoms with Gasteiger partial charge in [0, 0.05) is 31.8 Å². The normalized spacial score (nSPS) is 20.0. The van der Waals surface area contributed by atoms with Crippen LogP contribution in [0.2, 0.25) is 0 Å². The Bertz CT molecular complexity index is 242. The Labute approximate surface area is 104 Å². The number of carbonyl (C=O) groups is 1. The van der Waals surface area contributed by atoms with Crippen LogP contribution in [0.1, 0.15) is 40.0 Å². The predicted molar refractivity (Wildman–Crippen MR) is 66.6 cm³/mol. The Balaban J connectivity index is 2.51. The van der Waals surface area contributed by atoms with Crippen molar-refractivity contribution in [3.05, 3.63) is 0 Å². The molecule has 0 aliphatic carbocycles. The highest BCUT2D eigenvalue weighted by molar-refractivity contribution is 5.79. The third kappa shape index (κ3) is 4.64. The number of rotatable bonds is 4. The zero-order valence-electron chi connectivity index (χ0n) is 11.2. The molecule has 0 aromatic rings. The number of hydrogen-bond acceptors (Lipinski definition) is 3. The van der Waals surface area contributed by atoms with Crippen LogP contribution in [-0.2, 0) is 9.53 Å². The molecule has 4 heteroatoms. The highest BCUT2D eigenvalue weighted by Gasteiger charge is 2.29. The van der Waals surface area contributed by atoms with Crippen LogP contribution in [-0.4, -0.2) is 36.9 Å². The minimum atomic E-state index is -0.0242. The fourth-order valence-electron chi connectivity index (χ4n) is 2.10. The van der Waals surface area contributed by atoms with E-state index >= 15 is 0 Å². The van der Waals surface area contributed by atoms with Gasteiger partial charge in [-0.2, -0.15) is 0 Å². The average Bonchev–Trinajstić information content (AvgIpc) is 2.28. The maximum absolute atomic E-state index is 12.1. The smallest absolute Gasteiger partial charge is 0.223 e. The average molecular weight is 243 g/mol. The van der Waals surface area contributed by atoms with E-state index in [1.165, 1.54) is 0 Å². The molecule has 17 heavy (non-hydrogen) atoms. The Kier molecular flexibility index (Phi) is 5.40. The van der Waals surface area contributed by atoms with Crippen molar-refractivity contribution in [3.8, 4) is 0 Å². The van der Waals surface area contributed by atoms with Gasteiger partial charge in [0.25, 0.3) is 0 Å². The minimum absolute atomic E-state index is 0.0242. The molecule has 0 bridgehead atoms. The van der Waals surface area contributed by atoms with Crippen LogP contribution in [0.3, 0.4) is 0 Å². The van der Waals surface area contributed by atoms with Gasteiger partial charge >= 0.3 is 0 Å². The van der Waals surface area contributed by atoms with Crippen molar-refractivity contribution in [2.75, 3.05) is 19.8 Å². The first-order valence-corrected chi connectivity index (χ1v) is 6.44. The first-order chi connectivity index (χ1) is 7.95. The zero-order valence-corrected chi connectivity index (χ0v) is 11.2. The molecule has 1 rings (SSSR count). The number of nitrogens with one attached hydrogen (secondary N) is 1. The van der Waals surface area contributed by atoms with Crippen molar-refractivity contribution < 1.29 is 14.6 Å². The largest absolute Gasteiger partial charge is 0.396 e. The van der Waals surface area contributed by atoms with Gasteiger partial charge in [0.05, 0.1) is 0 Å². The molecule has 100 valence electrons. The molecule has 0 saturated carbocycles. The fourth-order valence-corrected chi connectivity index (χ4v) is 2.10. The lowest BCUT2D eigenvalue weighted by Gasteiger charge is -2.33. The highest BCUT2D eigenvalue weighted by atomic mass is 16.5. The fraction of sp³-hybridized carbons (Fsp3) is 0.923. The summed E-state index contributed by atoms with van der Waals surface area (Å²) in [6, 6.07) is 0.0304. The first-order valence-electron chi connectivity index (χ1n) is 6.44. The molecule has 2 N–H and O–H groups in total. The SMILES string of the molecule is CC(C)(C)C(CCO)NC(=O)C1CCOCC1. The summed E-state index contributed by atoms with van der Waals surface area (Å²) < 4.78 is 5.25. The summed E-state index contributed by atoms with van der Waals surface area (Å²) in [5, 5.41) is 12.1. The molecule has 0 aromatic carbocycles. The molecule has 1 heterocycles. The quantitative estimate of drug-likeness (QED) is 0.783. The van der Waals surface area contributed by atoms with E-state index in [1.807, 2.05) is 0 Å². The lowest BCUT2D eigenvalue weighted by Crippen LogP contribution is -2.47. The highest BCUT2D eigenvalue weighted by Crippen LogP contribution is 2.23. The molecule has 1 amide bonds. The topological polar surface area (TPSA) is 58.6 Å². The molecule has 1 fully saturated rings. The van der Waals surface area contributed by atoms with E-state index in [4.69, 9.17) is 9.84 Å². The summed E-state index contributed by atoms with van der Waals surface area (Å²) >= 11 is 0. The number of hydrogen-bond donors (Lipinski definition) is 2. The van der Waals surface area contributed by atoms with Gasteiger partial charge in [0.2, 0.25) is 5.91 Å². The van der Waals surface area contributed by atoms with Gasteiger partial charge in [-0.3, -0.25) is 4.79 Å². The maximum atomic E-state index is 12.1. The monoisotopic (exact) mass is 243 g/mol. The van der Waals surface area contributed by atoms with E-state index in [1.54, 1.807) is 0 Å². The summed E-state index contributed by atoms with van der Waals surface area (Å²) in [6.07, 6.45) is 2.22. The zero-order chi connectivity index (χ0) is 12.9. The van der Waals surface area contributed by atoms with Crippen LogP contribution in [0.4, 0.5) is 0 Å². The lowest BCUT2D eigenvalue weighted by atomic mass is 9.84. The summed E-state index contributed by atoms with van der Waals surface area (Å²) in [5.41, 5.74) is -0.0242. The predicted octanol–water partition coefficient (Wildman–Crippen LogP) is 1.33. The third-order valence-corrected chi connectivity index (χ3v) is 3.37. The van der Waals surface area contributed by atoms with Gasteiger partial charge in [-0.1, -0.05) is 20.8 Å². The molecule has 1 aliphatic rings. The van der Waals surface area contributed by atoms with Crippen LogP contribution < -0.4 is 5.32 Å². The third-order valence-electron chi connectivity index (χ3n) is 3.37. The van der Waals surface area contributed by atoms with Gasteiger partial charge in [-0.05, 0) is 24.7 Å². The number of ether oxygens (including phenoxy) is 1.